The van der Waals surface area contributed by atoms with Crippen molar-refractivity contribution < 1.29 is 24.3 Å². The van der Waals surface area contributed by atoms with Crippen LogP contribution < -0.4 is 9.64 Å². The van der Waals surface area contributed by atoms with Crippen molar-refractivity contribution in [2.45, 2.75) is 26.9 Å². The SMILES string of the molecule is CCOC(=O)N1CC[NH+](CC(O)COc2c(C)cccc2C)CC1. The molecule has 6 heteroatoms. The van der Waals surface area contributed by atoms with Crippen LogP contribution in [-0.2, 0) is 4.74 Å². The van der Waals surface area contributed by atoms with E-state index in [1.165, 1.54) is 4.90 Å². The molecule has 0 aliphatic carbocycles. The van der Waals surface area contributed by atoms with Crippen molar-refractivity contribution in [3.05, 3.63) is 29.3 Å². The van der Waals surface area contributed by atoms with Gasteiger partial charge in [0.25, 0.3) is 0 Å². The van der Waals surface area contributed by atoms with Gasteiger partial charge in [-0.3, -0.25) is 4.90 Å². The Morgan fingerprint density at radius 3 is 2.50 bits per heavy atom. The van der Waals surface area contributed by atoms with Crippen LogP contribution in [0.25, 0.3) is 0 Å². The third kappa shape index (κ3) is 5.11. The zero-order valence-electron chi connectivity index (χ0n) is 14.9. The molecule has 1 aliphatic heterocycles. The highest BCUT2D eigenvalue weighted by Crippen LogP contribution is 2.22. The van der Waals surface area contributed by atoms with Crippen LogP contribution in [0.15, 0.2) is 18.2 Å². The molecule has 1 heterocycles. The number of nitrogens with zero attached hydrogens (tertiary/aromatic N) is 1. The summed E-state index contributed by atoms with van der Waals surface area (Å²) < 4.78 is 10.8. The Hall–Kier alpha value is -1.79. The normalized spacial score (nSPS) is 16.8. The standard InChI is InChI=1S/C18H28N2O4/c1-4-23-18(22)20-10-8-19(9-11-20)12-16(21)13-24-17-14(2)6-5-7-15(17)3/h5-7,16,21H,4,8-13H2,1-3H3/p+1. The molecular weight excluding hydrogens is 308 g/mol. The van der Waals surface area contributed by atoms with Crippen LogP contribution in [0.5, 0.6) is 5.75 Å². The van der Waals surface area contributed by atoms with Gasteiger partial charge in [0, 0.05) is 0 Å². The first-order chi connectivity index (χ1) is 11.5. The van der Waals surface area contributed by atoms with Gasteiger partial charge in [0.1, 0.15) is 25.0 Å². The molecule has 0 saturated carbocycles. The van der Waals surface area contributed by atoms with Crippen molar-refractivity contribution in [2.24, 2.45) is 0 Å². The second kappa shape index (κ2) is 8.89. The van der Waals surface area contributed by atoms with Crippen molar-refractivity contribution in [1.29, 1.82) is 0 Å². The zero-order valence-corrected chi connectivity index (χ0v) is 14.9. The van der Waals surface area contributed by atoms with E-state index in [-0.39, 0.29) is 12.7 Å². The van der Waals surface area contributed by atoms with Gasteiger partial charge < -0.3 is 19.5 Å². The summed E-state index contributed by atoms with van der Waals surface area (Å²) in [6, 6.07) is 6.02. The lowest BCUT2D eigenvalue weighted by Crippen LogP contribution is -3.16. The summed E-state index contributed by atoms with van der Waals surface area (Å²) in [7, 11) is 0. The molecule has 6 nitrogen and oxygen atoms in total. The number of amides is 1. The van der Waals surface area contributed by atoms with E-state index in [4.69, 9.17) is 9.47 Å². The van der Waals surface area contributed by atoms with Crippen LogP contribution in [0.1, 0.15) is 18.1 Å². The Bertz CT molecular complexity index is 522. The molecule has 0 aromatic heterocycles. The molecule has 1 fully saturated rings. The predicted octanol–water partition coefficient (Wildman–Crippen LogP) is 0.400. The van der Waals surface area contributed by atoms with E-state index in [0.717, 1.165) is 30.0 Å². The van der Waals surface area contributed by atoms with E-state index in [2.05, 4.69) is 0 Å². The lowest BCUT2D eigenvalue weighted by atomic mass is 10.1. The van der Waals surface area contributed by atoms with Gasteiger partial charge in [-0.2, -0.15) is 0 Å². The summed E-state index contributed by atoms with van der Waals surface area (Å²) in [6.45, 7) is 10.1. The molecule has 2 rings (SSSR count). The van der Waals surface area contributed by atoms with Crippen LogP contribution in [0.4, 0.5) is 4.79 Å². The van der Waals surface area contributed by atoms with Crippen LogP contribution >= 0.6 is 0 Å². The smallest absolute Gasteiger partial charge is 0.410 e. The van der Waals surface area contributed by atoms with Gasteiger partial charge in [-0.25, -0.2) is 4.79 Å². The van der Waals surface area contributed by atoms with E-state index >= 15 is 0 Å². The number of quaternary nitrogens is 1. The molecule has 1 amide bonds. The first-order valence-electron chi connectivity index (χ1n) is 8.63. The lowest BCUT2D eigenvalue weighted by molar-refractivity contribution is -0.907. The molecule has 1 unspecified atom stereocenters. The molecule has 1 aromatic carbocycles. The molecule has 2 N–H and O–H groups in total. The molecule has 0 radical (unpaired) electrons. The zero-order chi connectivity index (χ0) is 17.5. The fraction of sp³-hybridized carbons (Fsp3) is 0.611. The molecule has 1 aliphatic rings. The predicted molar refractivity (Wildman–Crippen MR) is 91.6 cm³/mol. The summed E-state index contributed by atoms with van der Waals surface area (Å²) in [5, 5.41) is 10.3. The Labute approximate surface area is 144 Å². The summed E-state index contributed by atoms with van der Waals surface area (Å²) in [4.78, 5) is 14.7. The monoisotopic (exact) mass is 337 g/mol. The van der Waals surface area contributed by atoms with Crippen molar-refractivity contribution in [3.8, 4) is 5.75 Å². The Balaban J connectivity index is 1.74. The average Bonchev–Trinajstić information content (AvgIpc) is 2.55. The highest BCUT2D eigenvalue weighted by molar-refractivity contribution is 5.67. The molecule has 0 bridgehead atoms. The third-order valence-corrected chi connectivity index (χ3v) is 4.35. The number of aliphatic hydroxyl groups excluding tert-OH is 1. The number of aryl methyl sites for hydroxylation is 2. The molecule has 1 atom stereocenters. The van der Waals surface area contributed by atoms with Gasteiger partial charge in [-0.15, -0.1) is 0 Å². The van der Waals surface area contributed by atoms with Crippen molar-refractivity contribution in [3.63, 3.8) is 0 Å². The molecule has 0 spiro atoms. The summed E-state index contributed by atoms with van der Waals surface area (Å²) in [5.74, 6) is 0.860. The van der Waals surface area contributed by atoms with Gasteiger partial charge in [-0.1, -0.05) is 18.2 Å². The summed E-state index contributed by atoms with van der Waals surface area (Å²) >= 11 is 0. The number of hydrogen-bond donors (Lipinski definition) is 2. The van der Waals surface area contributed by atoms with Gasteiger partial charge in [-0.05, 0) is 31.9 Å². The van der Waals surface area contributed by atoms with Gasteiger partial charge in [0.2, 0.25) is 0 Å². The molecule has 134 valence electrons. The highest BCUT2D eigenvalue weighted by Gasteiger charge is 2.26. The first-order valence-corrected chi connectivity index (χ1v) is 8.63. The molecular formula is C18H29N2O4+. The number of hydrogen-bond acceptors (Lipinski definition) is 4. The maximum Gasteiger partial charge on any atom is 0.410 e. The minimum atomic E-state index is -0.520. The molecule has 24 heavy (non-hydrogen) atoms. The third-order valence-electron chi connectivity index (χ3n) is 4.35. The van der Waals surface area contributed by atoms with Crippen molar-refractivity contribution in [2.75, 3.05) is 45.9 Å². The van der Waals surface area contributed by atoms with Crippen molar-refractivity contribution >= 4 is 6.09 Å². The number of carbonyl (C=O) groups is 1. The number of aliphatic hydroxyl groups is 1. The Kier molecular flexibility index (Phi) is 6.87. The van der Waals surface area contributed by atoms with E-state index in [9.17, 15) is 9.90 Å². The van der Waals surface area contributed by atoms with E-state index < -0.39 is 6.10 Å². The number of rotatable bonds is 6. The van der Waals surface area contributed by atoms with Gasteiger partial charge in [0.15, 0.2) is 0 Å². The fourth-order valence-corrected chi connectivity index (χ4v) is 3.02. The van der Waals surface area contributed by atoms with Crippen LogP contribution in [0, 0.1) is 13.8 Å². The highest BCUT2D eigenvalue weighted by atomic mass is 16.6. The fourth-order valence-electron chi connectivity index (χ4n) is 3.02. The number of para-hydroxylation sites is 1. The van der Waals surface area contributed by atoms with Crippen molar-refractivity contribution in [1.82, 2.24) is 4.90 Å². The average molecular weight is 337 g/mol. The number of carbonyl (C=O) groups excluding carboxylic acids is 1. The van der Waals surface area contributed by atoms with Crippen LogP contribution in [0.2, 0.25) is 0 Å². The number of piperazine rings is 1. The minimum Gasteiger partial charge on any atom is -0.490 e. The van der Waals surface area contributed by atoms with Crippen LogP contribution in [-0.4, -0.2) is 68.1 Å². The molecule has 1 saturated heterocycles. The second-order valence-corrected chi connectivity index (χ2v) is 6.33. The first kappa shape index (κ1) is 18.5. The van der Waals surface area contributed by atoms with E-state index in [1.807, 2.05) is 39.0 Å². The van der Waals surface area contributed by atoms with Gasteiger partial charge >= 0.3 is 6.09 Å². The number of benzene rings is 1. The maximum atomic E-state index is 11.7. The largest absolute Gasteiger partial charge is 0.490 e. The Morgan fingerprint density at radius 2 is 1.92 bits per heavy atom. The second-order valence-electron chi connectivity index (χ2n) is 6.33. The lowest BCUT2D eigenvalue weighted by Gasteiger charge is -2.32. The minimum absolute atomic E-state index is 0.240. The topological polar surface area (TPSA) is 63.4 Å². The summed E-state index contributed by atoms with van der Waals surface area (Å²) in [5.41, 5.74) is 2.16. The summed E-state index contributed by atoms with van der Waals surface area (Å²) in [6.07, 6.45) is -0.761. The quantitative estimate of drug-likeness (QED) is 0.789. The Morgan fingerprint density at radius 1 is 1.29 bits per heavy atom. The van der Waals surface area contributed by atoms with Gasteiger partial charge in [0.05, 0.1) is 32.8 Å². The molecule has 1 aromatic rings. The van der Waals surface area contributed by atoms with E-state index in [0.29, 0.717) is 26.2 Å². The van der Waals surface area contributed by atoms with E-state index in [1.54, 1.807) is 4.90 Å². The number of nitrogens with one attached hydrogen (secondary N) is 1. The maximum absolute atomic E-state index is 11.7. The number of ether oxygens (including phenoxy) is 2. The van der Waals surface area contributed by atoms with Crippen LogP contribution in [0.3, 0.4) is 0 Å².